The van der Waals surface area contributed by atoms with Crippen LogP contribution in [0.1, 0.15) is 20.8 Å². The summed E-state index contributed by atoms with van der Waals surface area (Å²) in [5.41, 5.74) is 2.33. The first-order valence-electron chi connectivity index (χ1n) is 9.60. The lowest BCUT2D eigenvalue weighted by Gasteiger charge is -2.30. The Bertz CT molecular complexity index is 1130. The van der Waals surface area contributed by atoms with Gasteiger partial charge in [-0.05, 0) is 47.3 Å². The van der Waals surface area contributed by atoms with Crippen molar-refractivity contribution in [1.82, 2.24) is 0 Å². The van der Waals surface area contributed by atoms with Crippen molar-refractivity contribution >= 4 is 40.5 Å². The first kappa shape index (κ1) is 20.6. The van der Waals surface area contributed by atoms with Crippen molar-refractivity contribution in [1.29, 1.82) is 0 Å². The molecule has 0 atom stereocenters. The van der Waals surface area contributed by atoms with Crippen molar-refractivity contribution in [3.8, 4) is 5.75 Å². The second kappa shape index (κ2) is 9.01. The Balaban J connectivity index is 1.55. The molecule has 1 aliphatic heterocycles. The summed E-state index contributed by atoms with van der Waals surface area (Å²) < 4.78 is 10.3. The Kier molecular flexibility index (Phi) is 5.99. The molecule has 4 rings (SSSR count). The molecule has 2 heterocycles. The number of esters is 1. The summed E-state index contributed by atoms with van der Waals surface area (Å²) >= 11 is 1.52. The first-order valence-corrected chi connectivity index (χ1v) is 10.5. The number of methoxy groups -OCH3 is 1. The highest BCUT2D eigenvalue weighted by Gasteiger charge is 2.26. The van der Waals surface area contributed by atoms with Gasteiger partial charge in [0.1, 0.15) is 5.75 Å². The molecule has 2 aromatic carbocycles. The van der Waals surface area contributed by atoms with Gasteiger partial charge >= 0.3 is 5.97 Å². The van der Waals surface area contributed by atoms with Crippen LogP contribution in [-0.4, -0.2) is 31.5 Å². The van der Waals surface area contributed by atoms with Gasteiger partial charge in [-0.3, -0.25) is 9.59 Å². The number of ether oxygens (including phenoxy) is 2. The normalized spacial score (nSPS) is 12.7. The molecule has 1 aromatic heterocycles. The van der Waals surface area contributed by atoms with E-state index >= 15 is 0 Å². The molecule has 0 spiro atoms. The van der Waals surface area contributed by atoms with Crippen LogP contribution in [0.25, 0.3) is 0 Å². The standard InChI is InChI=1S/C23H20N2O5S/c1-29-23(28)16-5-2-4-15(10-16)13-25-19-11-17(7-8-20(19)30-14-22(25)27)24-21(26)12-18-6-3-9-31-18/h2-11H,12-14H2,1H3,(H,24,26). The maximum Gasteiger partial charge on any atom is 0.337 e. The lowest BCUT2D eigenvalue weighted by Crippen LogP contribution is -2.38. The summed E-state index contributed by atoms with van der Waals surface area (Å²) in [7, 11) is 1.32. The number of nitrogens with one attached hydrogen (secondary N) is 1. The van der Waals surface area contributed by atoms with Gasteiger partial charge in [-0.15, -0.1) is 11.3 Å². The van der Waals surface area contributed by atoms with Crippen molar-refractivity contribution in [2.24, 2.45) is 0 Å². The minimum Gasteiger partial charge on any atom is -0.482 e. The Hall–Kier alpha value is -3.65. The number of hydrogen-bond acceptors (Lipinski definition) is 6. The van der Waals surface area contributed by atoms with Crippen molar-refractivity contribution in [3.63, 3.8) is 0 Å². The number of benzene rings is 2. The predicted molar refractivity (Wildman–Crippen MR) is 118 cm³/mol. The minimum atomic E-state index is -0.439. The molecular weight excluding hydrogens is 416 g/mol. The van der Waals surface area contributed by atoms with Crippen LogP contribution in [0.4, 0.5) is 11.4 Å². The zero-order chi connectivity index (χ0) is 21.8. The highest BCUT2D eigenvalue weighted by atomic mass is 32.1. The molecule has 0 saturated heterocycles. The molecule has 0 saturated carbocycles. The van der Waals surface area contributed by atoms with Crippen molar-refractivity contribution in [2.75, 3.05) is 23.9 Å². The number of anilines is 2. The summed E-state index contributed by atoms with van der Waals surface area (Å²) in [6, 6.07) is 16.0. The molecule has 2 amide bonds. The molecule has 7 nitrogen and oxygen atoms in total. The van der Waals surface area contributed by atoms with Crippen molar-refractivity contribution < 1.29 is 23.9 Å². The number of carbonyl (C=O) groups excluding carboxylic acids is 3. The second-order valence-corrected chi connectivity index (χ2v) is 7.98. The number of hydrogen-bond donors (Lipinski definition) is 1. The molecular formula is C23H20N2O5S. The van der Waals surface area contributed by atoms with E-state index in [0.29, 0.717) is 22.7 Å². The fourth-order valence-corrected chi connectivity index (χ4v) is 4.03. The first-order chi connectivity index (χ1) is 15.0. The van der Waals surface area contributed by atoms with E-state index in [0.717, 1.165) is 10.4 Å². The lowest BCUT2D eigenvalue weighted by atomic mass is 10.1. The SMILES string of the molecule is COC(=O)c1cccc(CN2C(=O)COc3ccc(NC(=O)Cc4cccs4)cc32)c1. The van der Waals surface area contributed by atoms with Crippen LogP contribution in [0.5, 0.6) is 5.75 Å². The van der Waals surface area contributed by atoms with Crippen LogP contribution in [-0.2, 0) is 27.3 Å². The Labute approximate surface area is 183 Å². The fraction of sp³-hybridized carbons (Fsp3) is 0.174. The second-order valence-electron chi connectivity index (χ2n) is 6.95. The van der Waals surface area contributed by atoms with Crippen LogP contribution in [0, 0.1) is 0 Å². The van der Waals surface area contributed by atoms with Gasteiger partial charge in [0.25, 0.3) is 5.91 Å². The maximum absolute atomic E-state index is 12.6. The number of rotatable bonds is 6. The van der Waals surface area contributed by atoms with E-state index in [1.54, 1.807) is 41.3 Å². The van der Waals surface area contributed by atoms with E-state index in [2.05, 4.69) is 5.32 Å². The molecule has 31 heavy (non-hydrogen) atoms. The van der Waals surface area contributed by atoms with Crippen LogP contribution < -0.4 is 15.0 Å². The third-order valence-corrected chi connectivity index (χ3v) is 5.67. The van der Waals surface area contributed by atoms with Gasteiger partial charge in [0.15, 0.2) is 6.61 Å². The zero-order valence-corrected chi connectivity index (χ0v) is 17.6. The largest absolute Gasteiger partial charge is 0.482 e. The van der Waals surface area contributed by atoms with Gasteiger partial charge < -0.3 is 19.7 Å². The van der Waals surface area contributed by atoms with E-state index in [-0.39, 0.29) is 31.4 Å². The number of amides is 2. The number of nitrogens with zero attached hydrogens (tertiary/aromatic N) is 1. The molecule has 1 N–H and O–H groups in total. The van der Waals surface area contributed by atoms with Crippen LogP contribution in [0.2, 0.25) is 0 Å². The highest BCUT2D eigenvalue weighted by molar-refractivity contribution is 7.10. The third-order valence-electron chi connectivity index (χ3n) is 4.79. The Morgan fingerprint density at radius 2 is 2.03 bits per heavy atom. The van der Waals surface area contributed by atoms with Crippen LogP contribution >= 0.6 is 11.3 Å². The smallest absolute Gasteiger partial charge is 0.337 e. The lowest BCUT2D eigenvalue weighted by molar-refractivity contribution is -0.121. The molecule has 8 heteroatoms. The van der Waals surface area contributed by atoms with Crippen molar-refractivity contribution in [2.45, 2.75) is 13.0 Å². The summed E-state index contributed by atoms with van der Waals surface area (Å²) in [6.45, 7) is 0.181. The topological polar surface area (TPSA) is 84.9 Å². The van der Waals surface area contributed by atoms with Gasteiger partial charge in [0.05, 0.1) is 31.3 Å². The monoisotopic (exact) mass is 436 g/mol. The van der Waals surface area contributed by atoms with Crippen molar-refractivity contribution in [3.05, 3.63) is 76.0 Å². The van der Waals surface area contributed by atoms with Gasteiger partial charge in [-0.25, -0.2) is 4.79 Å². The Morgan fingerprint density at radius 3 is 2.81 bits per heavy atom. The average Bonchev–Trinajstić information content (AvgIpc) is 3.28. The summed E-state index contributed by atoms with van der Waals surface area (Å²) in [5, 5.41) is 4.80. The molecule has 158 valence electrons. The summed E-state index contributed by atoms with van der Waals surface area (Å²) in [5.74, 6) is -0.230. The van der Waals surface area contributed by atoms with E-state index < -0.39 is 5.97 Å². The summed E-state index contributed by atoms with van der Waals surface area (Å²) in [6.07, 6.45) is 0.286. The summed E-state index contributed by atoms with van der Waals surface area (Å²) in [4.78, 5) is 39.3. The molecule has 0 unspecified atom stereocenters. The van der Waals surface area contributed by atoms with Gasteiger partial charge in [-0.2, -0.15) is 0 Å². The van der Waals surface area contributed by atoms with E-state index in [1.165, 1.54) is 18.4 Å². The van der Waals surface area contributed by atoms with Gasteiger partial charge in [0, 0.05) is 10.6 Å². The highest BCUT2D eigenvalue weighted by Crippen LogP contribution is 2.35. The fourth-order valence-electron chi connectivity index (χ4n) is 3.33. The van der Waals surface area contributed by atoms with E-state index in [1.807, 2.05) is 23.6 Å². The van der Waals surface area contributed by atoms with Gasteiger partial charge in [-0.1, -0.05) is 18.2 Å². The molecule has 0 fully saturated rings. The average molecular weight is 436 g/mol. The van der Waals surface area contributed by atoms with Crippen LogP contribution in [0.3, 0.4) is 0 Å². The molecule has 0 radical (unpaired) electrons. The van der Waals surface area contributed by atoms with Crippen LogP contribution in [0.15, 0.2) is 60.0 Å². The minimum absolute atomic E-state index is 0.0756. The van der Waals surface area contributed by atoms with E-state index in [4.69, 9.17) is 9.47 Å². The third kappa shape index (κ3) is 4.75. The van der Waals surface area contributed by atoms with E-state index in [9.17, 15) is 14.4 Å². The van der Waals surface area contributed by atoms with Gasteiger partial charge in [0.2, 0.25) is 5.91 Å². The molecule has 3 aromatic rings. The number of thiophene rings is 1. The molecule has 1 aliphatic rings. The zero-order valence-electron chi connectivity index (χ0n) is 16.8. The predicted octanol–water partition coefficient (Wildman–Crippen LogP) is 3.64. The Morgan fingerprint density at radius 1 is 1.16 bits per heavy atom. The number of carbonyl (C=O) groups is 3. The number of fused-ring (bicyclic) bond motifs is 1. The quantitative estimate of drug-likeness (QED) is 0.597. The molecule has 0 bridgehead atoms. The maximum atomic E-state index is 12.6. The molecule has 0 aliphatic carbocycles.